The van der Waals surface area contributed by atoms with Gasteiger partial charge in [0.25, 0.3) is 0 Å². The Bertz CT molecular complexity index is 432. The Kier molecular flexibility index (Phi) is 4.36. The highest BCUT2D eigenvalue weighted by atomic mass is 16.2. The van der Waals surface area contributed by atoms with Gasteiger partial charge in [-0.1, -0.05) is 30.3 Å². The molecule has 0 bridgehead atoms. The van der Waals surface area contributed by atoms with Crippen LogP contribution in [0.2, 0.25) is 0 Å². The van der Waals surface area contributed by atoms with E-state index >= 15 is 0 Å². The summed E-state index contributed by atoms with van der Waals surface area (Å²) in [5.41, 5.74) is 1.33. The van der Waals surface area contributed by atoms with Crippen molar-refractivity contribution in [3.8, 4) is 0 Å². The Morgan fingerprint density at radius 3 is 2.90 bits per heavy atom. The zero-order valence-corrected chi connectivity index (χ0v) is 12.1. The largest absolute Gasteiger partial charge is 0.341 e. The highest BCUT2D eigenvalue weighted by Gasteiger charge is 2.35. The predicted molar refractivity (Wildman–Crippen MR) is 80.5 cm³/mol. The Labute approximate surface area is 121 Å². The third-order valence-electron chi connectivity index (χ3n) is 4.65. The number of amides is 1. The van der Waals surface area contributed by atoms with Crippen LogP contribution in [0.1, 0.15) is 31.2 Å². The van der Waals surface area contributed by atoms with Crippen molar-refractivity contribution >= 4 is 5.91 Å². The smallest absolute Gasteiger partial charge is 0.222 e. The van der Waals surface area contributed by atoms with Gasteiger partial charge in [-0.25, -0.2) is 0 Å². The molecule has 1 aromatic carbocycles. The van der Waals surface area contributed by atoms with Crippen LogP contribution in [0.25, 0.3) is 0 Å². The summed E-state index contributed by atoms with van der Waals surface area (Å²) >= 11 is 0. The van der Waals surface area contributed by atoms with Gasteiger partial charge in [-0.15, -0.1) is 0 Å². The lowest BCUT2D eigenvalue weighted by Gasteiger charge is -2.24. The highest BCUT2D eigenvalue weighted by Crippen LogP contribution is 2.25. The molecular formula is C17H24N2O. The van der Waals surface area contributed by atoms with E-state index in [0.717, 1.165) is 32.5 Å². The number of hydrogen-bond donors (Lipinski definition) is 1. The van der Waals surface area contributed by atoms with E-state index in [-0.39, 0.29) is 0 Å². The number of hydrogen-bond acceptors (Lipinski definition) is 2. The maximum Gasteiger partial charge on any atom is 0.222 e. The maximum atomic E-state index is 12.3. The highest BCUT2D eigenvalue weighted by molar-refractivity contribution is 5.76. The van der Waals surface area contributed by atoms with Gasteiger partial charge in [0.05, 0.1) is 0 Å². The second kappa shape index (κ2) is 6.40. The molecule has 2 aliphatic rings. The molecule has 20 heavy (non-hydrogen) atoms. The molecule has 1 N–H and O–H groups in total. The zero-order valence-electron chi connectivity index (χ0n) is 12.1. The molecule has 0 radical (unpaired) electrons. The van der Waals surface area contributed by atoms with Crippen molar-refractivity contribution in [2.24, 2.45) is 5.92 Å². The van der Waals surface area contributed by atoms with Gasteiger partial charge in [0.1, 0.15) is 0 Å². The molecule has 1 aromatic rings. The fourth-order valence-electron chi connectivity index (χ4n) is 3.50. The Morgan fingerprint density at radius 1 is 1.25 bits per heavy atom. The number of benzene rings is 1. The molecular weight excluding hydrogens is 248 g/mol. The van der Waals surface area contributed by atoms with Crippen LogP contribution in [0.3, 0.4) is 0 Å². The molecule has 3 nitrogen and oxygen atoms in total. The van der Waals surface area contributed by atoms with Crippen LogP contribution in [0, 0.1) is 5.92 Å². The average Bonchev–Trinajstić information content (AvgIpc) is 2.92. The molecule has 0 spiro atoms. The summed E-state index contributed by atoms with van der Waals surface area (Å²) in [4.78, 5) is 14.4. The van der Waals surface area contributed by atoms with Gasteiger partial charge in [0.15, 0.2) is 0 Å². The topological polar surface area (TPSA) is 32.3 Å². The first-order valence-corrected chi connectivity index (χ1v) is 7.88. The molecule has 0 unspecified atom stereocenters. The van der Waals surface area contributed by atoms with Gasteiger partial charge in [-0.05, 0) is 43.7 Å². The lowest BCUT2D eigenvalue weighted by molar-refractivity contribution is -0.130. The van der Waals surface area contributed by atoms with E-state index in [2.05, 4.69) is 34.5 Å². The predicted octanol–water partition coefficient (Wildman–Crippen LogP) is 2.22. The Hall–Kier alpha value is -1.35. The van der Waals surface area contributed by atoms with Crippen LogP contribution in [0.15, 0.2) is 30.3 Å². The lowest BCUT2D eigenvalue weighted by atomic mass is 9.94. The number of carbonyl (C=O) groups excluding carboxylic acids is 1. The number of fused-ring (bicyclic) bond motifs is 1. The SMILES string of the molecule is O=C(CCCc1ccccc1)N1C[C@@H]2CCCN[C@@H]2C1. The van der Waals surface area contributed by atoms with Crippen molar-refractivity contribution in [2.45, 2.75) is 38.1 Å². The summed E-state index contributed by atoms with van der Waals surface area (Å²) < 4.78 is 0. The molecule has 2 aliphatic heterocycles. The van der Waals surface area contributed by atoms with Crippen LogP contribution in [0.5, 0.6) is 0 Å². The monoisotopic (exact) mass is 272 g/mol. The number of nitrogens with one attached hydrogen (secondary N) is 1. The summed E-state index contributed by atoms with van der Waals surface area (Å²) in [7, 11) is 0. The molecule has 0 aliphatic carbocycles. The van der Waals surface area contributed by atoms with E-state index in [0.29, 0.717) is 24.3 Å². The molecule has 2 heterocycles. The van der Waals surface area contributed by atoms with Gasteiger partial charge in [-0.2, -0.15) is 0 Å². The molecule has 2 fully saturated rings. The van der Waals surface area contributed by atoms with Gasteiger partial charge >= 0.3 is 0 Å². The first kappa shape index (κ1) is 13.6. The van der Waals surface area contributed by atoms with Crippen molar-refractivity contribution in [2.75, 3.05) is 19.6 Å². The number of piperidine rings is 1. The first-order chi connectivity index (χ1) is 9.83. The van der Waals surface area contributed by atoms with Crippen LogP contribution in [0.4, 0.5) is 0 Å². The standard InChI is InChI=1S/C17H24N2O/c20-17(10-4-8-14-6-2-1-3-7-14)19-12-15-9-5-11-18-16(15)13-19/h1-3,6-7,15-16,18H,4-5,8-13H2/t15-,16+/m0/s1. The molecule has 3 heteroatoms. The molecule has 1 amide bonds. The van der Waals surface area contributed by atoms with Gasteiger partial charge in [0.2, 0.25) is 5.91 Å². The van der Waals surface area contributed by atoms with E-state index < -0.39 is 0 Å². The minimum absolute atomic E-state index is 0.345. The van der Waals surface area contributed by atoms with E-state index in [1.807, 2.05) is 6.07 Å². The van der Waals surface area contributed by atoms with Crippen LogP contribution in [-0.2, 0) is 11.2 Å². The summed E-state index contributed by atoms with van der Waals surface area (Å²) in [6, 6.07) is 11.0. The average molecular weight is 272 g/mol. The zero-order chi connectivity index (χ0) is 13.8. The van der Waals surface area contributed by atoms with E-state index in [1.165, 1.54) is 18.4 Å². The van der Waals surface area contributed by atoms with E-state index in [4.69, 9.17) is 0 Å². The van der Waals surface area contributed by atoms with Crippen LogP contribution >= 0.6 is 0 Å². The van der Waals surface area contributed by atoms with Crippen molar-refractivity contribution in [1.29, 1.82) is 0 Å². The van der Waals surface area contributed by atoms with E-state index in [1.54, 1.807) is 0 Å². The second-order valence-corrected chi connectivity index (χ2v) is 6.10. The summed E-state index contributed by atoms with van der Waals surface area (Å²) in [6.45, 7) is 3.02. The van der Waals surface area contributed by atoms with Gasteiger partial charge in [-0.3, -0.25) is 4.79 Å². The molecule has 2 atom stereocenters. The lowest BCUT2D eigenvalue weighted by Crippen LogP contribution is -2.41. The van der Waals surface area contributed by atoms with Gasteiger partial charge < -0.3 is 10.2 Å². The fraction of sp³-hybridized carbons (Fsp3) is 0.588. The maximum absolute atomic E-state index is 12.3. The number of aryl methyl sites for hydroxylation is 1. The summed E-state index contributed by atoms with van der Waals surface area (Å²) in [6.07, 6.45) is 5.20. The number of nitrogens with zero attached hydrogens (tertiary/aromatic N) is 1. The third-order valence-corrected chi connectivity index (χ3v) is 4.65. The Morgan fingerprint density at radius 2 is 2.10 bits per heavy atom. The van der Waals surface area contributed by atoms with E-state index in [9.17, 15) is 4.79 Å². The molecule has 0 aromatic heterocycles. The molecule has 0 saturated carbocycles. The fourth-order valence-corrected chi connectivity index (χ4v) is 3.50. The molecule has 108 valence electrons. The molecule has 3 rings (SSSR count). The third kappa shape index (κ3) is 3.21. The van der Waals surface area contributed by atoms with Gasteiger partial charge in [0, 0.05) is 25.6 Å². The normalized spacial score (nSPS) is 25.5. The van der Waals surface area contributed by atoms with Crippen molar-refractivity contribution in [3.05, 3.63) is 35.9 Å². The Balaban J connectivity index is 1.43. The second-order valence-electron chi connectivity index (χ2n) is 6.10. The van der Waals surface area contributed by atoms with Crippen LogP contribution < -0.4 is 5.32 Å². The number of rotatable bonds is 4. The minimum Gasteiger partial charge on any atom is -0.341 e. The summed E-state index contributed by atoms with van der Waals surface area (Å²) in [5, 5.41) is 3.55. The van der Waals surface area contributed by atoms with Crippen molar-refractivity contribution < 1.29 is 4.79 Å². The number of carbonyl (C=O) groups is 1. The quantitative estimate of drug-likeness (QED) is 0.911. The molecule has 2 saturated heterocycles. The summed E-state index contributed by atoms with van der Waals surface area (Å²) in [5.74, 6) is 1.04. The van der Waals surface area contributed by atoms with Crippen LogP contribution in [-0.4, -0.2) is 36.5 Å². The minimum atomic E-state index is 0.345. The van der Waals surface area contributed by atoms with Crippen molar-refractivity contribution in [3.63, 3.8) is 0 Å². The first-order valence-electron chi connectivity index (χ1n) is 7.88. The number of likely N-dealkylation sites (tertiary alicyclic amines) is 1. The van der Waals surface area contributed by atoms with Crippen molar-refractivity contribution in [1.82, 2.24) is 10.2 Å².